The highest BCUT2D eigenvalue weighted by molar-refractivity contribution is 5.78. The number of fused-ring (bicyclic) bond motifs is 1. The summed E-state index contributed by atoms with van der Waals surface area (Å²) in [6.45, 7) is 4.23. The summed E-state index contributed by atoms with van der Waals surface area (Å²) in [5.41, 5.74) is 2.62. The molecule has 0 aromatic heterocycles. The number of hydrogen-bond donors (Lipinski definition) is 1. The van der Waals surface area contributed by atoms with Gasteiger partial charge in [-0.25, -0.2) is 0 Å². The van der Waals surface area contributed by atoms with Gasteiger partial charge in [0.15, 0.2) is 0 Å². The normalized spacial score (nSPS) is 21.4. The smallest absolute Gasteiger partial charge is 0.309 e. The largest absolute Gasteiger partial charge is 0.466 e. The van der Waals surface area contributed by atoms with Crippen molar-refractivity contribution in [1.29, 1.82) is 0 Å². The quantitative estimate of drug-likeness (QED) is 0.834. The Hall–Kier alpha value is -1.88. The molecule has 1 aliphatic carbocycles. The number of nitrogens with zero attached hydrogens (tertiary/aromatic N) is 1. The van der Waals surface area contributed by atoms with Crippen LogP contribution in [0.3, 0.4) is 0 Å². The van der Waals surface area contributed by atoms with E-state index in [4.69, 9.17) is 4.74 Å². The molecule has 0 saturated carbocycles. The Bertz CT molecular complexity index is 609. The summed E-state index contributed by atoms with van der Waals surface area (Å²) in [6, 6.07) is 8.53. The lowest BCUT2D eigenvalue weighted by atomic mass is 9.88. The number of aryl methyl sites for hydroxylation is 1. The molecule has 0 spiro atoms. The van der Waals surface area contributed by atoms with Crippen molar-refractivity contribution in [2.45, 2.75) is 45.1 Å². The maximum absolute atomic E-state index is 12.5. The summed E-state index contributed by atoms with van der Waals surface area (Å²) >= 11 is 0. The van der Waals surface area contributed by atoms with E-state index in [1.807, 2.05) is 13.0 Å². The number of benzene rings is 1. The molecule has 1 N–H and O–H groups in total. The van der Waals surface area contributed by atoms with Gasteiger partial charge in [0, 0.05) is 0 Å². The van der Waals surface area contributed by atoms with Gasteiger partial charge in [-0.15, -0.1) is 0 Å². The van der Waals surface area contributed by atoms with Crippen LogP contribution in [0, 0.1) is 5.92 Å². The van der Waals surface area contributed by atoms with E-state index in [-0.39, 0.29) is 23.8 Å². The van der Waals surface area contributed by atoms with Gasteiger partial charge in [-0.3, -0.25) is 14.5 Å². The number of carbonyl (C=O) groups excluding carboxylic acids is 2. The van der Waals surface area contributed by atoms with Gasteiger partial charge in [-0.1, -0.05) is 24.3 Å². The molecule has 5 nitrogen and oxygen atoms in total. The Morgan fingerprint density at radius 1 is 1.20 bits per heavy atom. The molecule has 1 aliphatic heterocycles. The minimum Gasteiger partial charge on any atom is -0.466 e. The first kappa shape index (κ1) is 17.9. The van der Waals surface area contributed by atoms with Gasteiger partial charge in [0.2, 0.25) is 5.91 Å². The molecule has 1 heterocycles. The van der Waals surface area contributed by atoms with Crippen LogP contribution in [0.2, 0.25) is 0 Å². The van der Waals surface area contributed by atoms with Crippen molar-refractivity contribution in [2.75, 3.05) is 26.2 Å². The number of carbonyl (C=O) groups is 2. The highest BCUT2D eigenvalue weighted by Gasteiger charge is 2.27. The topological polar surface area (TPSA) is 58.6 Å². The van der Waals surface area contributed by atoms with Crippen LogP contribution in [0.25, 0.3) is 0 Å². The van der Waals surface area contributed by atoms with Crippen LogP contribution in [0.1, 0.15) is 49.8 Å². The number of nitrogens with one attached hydrogen (secondary N) is 1. The fraction of sp³-hybridized carbons (Fsp3) is 0.600. The van der Waals surface area contributed by atoms with Gasteiger partial charge < -0.3 is 10.1 Å². The van der Waals surface area contributed by atoms with E-state index in [9.17, 15) is 9.59 Å². The SMILES string of the molecule is CCOC(=O)C1CCN(CC(=O)N[C@H]2CCCc3ccccc32)CC1. The van der Waals surface area contributed by atoms with E-state index < -0.39 is 0 Å². The van der Waals surface area contributed by atoms with Crippen LogP contribution in [0.5, 0.6) is 0 Å². The predicted octanol–water partition coefficient (Wildman–Crippen LogP) is 2.46. The number of amides is 1. The Morgan fingerprint density at radius 3 is 2.72 bits per heavy atom. The van der Waals surface area contributed by atoms with Crippen molar-refractivity contribution in [2.24, 2.45) is 5.92 Å². The Morgan fingerprint density at radius 2 is 1.96 bits per heavy atom. The second-order valence-corrected chi connectivity index (χ2v) is 7.01. The number of piperidine rings is 1. The zero-order chi connectivity index (χ0) is 17.6. The molecule has 2 aliphatic rings. The Balaban J connectivity index is 1.47. The summed E-state index contributed by atoms with van der Waals surface area (Å²) in [4.78, 5) is 26.4. The van der Waals surface area contributed by atoms with Crippen molar-refractivity contribution < 1.29 is 14.3 Å². The second kappa shape index (κ2) is 8.48. The van der Waals surface area contributed by atoms with Crippen LogP contribution in [-0.4, -0.2) is 43.0 Å². The molecule has 1 fully saturated rings. The number of hydrogen-bond acceptors (Lipinski definition) is 4. The molecule has 1 amide bonds. The third-order valence-electron chi connectivity index (χ3n) is 5.28. The average molecular weight is 344 g/mol. The molecule has 1 aromatic carbocycles. The second-order valence-electron chi connectivity index (χ2n) is 7.01. The molecule has 1 saturated heterocycles. The highest BCUT2D eigenvalue weighted by atomic mass is 16.5. The zero-order valence-electron chi connectivity index (χ0n) is 15.0. The molecule has 0 bridgehead atoms. The number of likely N-dealkylation sites (tertiary alicyclic amines) is 1. The first-order valence-electron chi connectivity index (χ1n) is 9.43. The lowest BCUT2D eigenvalue weighted by Gasteiger charge is -2.31. The van der Waals surface area contributed by atoms with Crippen molar-refractivity contribution in [1.82, 2.24) is 10.2 Å². The van der Waals surface area contributed by atoms with E-state index in [0.717, 1.165) is 45.2 Å². The van der Waals surface area contributed by atoms with Crippen LogP contribution in [0.15, 0.2) is 24.3 Å². The zero-order valence-corrected chi connectivity index (χ0v) is 15.0. The van der Waals surface area contributed by atoms with Crippen molar-refractivity contribution in [3.8, 4) is 0 Å². The van der Waals surface area contributed by atoms with Crippen LogP contribution in [0.4, 0.5) is 0 Å². The molecule has 25 heavy (non-hydrogen) atoms. The van der Waals surface area contributed by atoms with Crippen LogP contribution in [-0.2, 0) is 20.7 Å². The van der Waals surface area contributed by atoms with Crippen LogP contribution < -0.4 is 5.32 Å². The molecule has 1 atom stereocenters. The molecular formula is C20H28N2O3. The van der Waals surface area contributed by atoms with Crippen molar-refractivity contribution in [3.05, 3.63) is 35.4 Å². The summed E-state index contributed by atoms with van der Waals surface area (Å²) < 4.78 is 5.09. The molecular weight excluding hydrogens is 316 g/mol. The minimum atomic E-state index is -0.0922. The summed E-state index contributed by atoms with van der Waals surface area (Å²) in [5.74, 6) is -0.0221. The fourth-order valence-corrected chi connectivity index (χ4v) is 3.93. The molecule has 3 rings (SSSR count). The number of rotatable bonds is 5. The maximum atomic E-state index is 12.5. The first-order chi connectivity index (χ1) is 12.2. The maximum Gasteiger partial charge on any atom is 0.309 e. The van der Waals surface area contributed by atoms with E-state index in [0.29, 0.717) is 13.2 Å². The number of esters is 1. The van der Waals surface area contributed by atoms with Gasteiger partial charge in [0.25, 0.3) is 0 Å². The van der Waals surface area contributed by atoms with E-state index in [1.54, 1.807) is 0 Å². The van der Waals surface area contributed by atoms with Gasteiger partial charge >= 0.3 is 5.97 Å². The van der Waals surface area contributed by atoms with Gasteiger partial charge in [-0.05, 0) is 63.2 Å². The number of ether oxygens (including phenoxy) is 1. The molecule has 0 radical (unpaired) electrons. The predicted molar refractivity (Wildman–Crippen MR) is 96.1 cm³/mol. The van der Waals surface area contributed by atoms with E-state index in [2.05, 4.69) is 28.4 Å². The van der Waals surface area contributed by atoms with Crippen molar-refractivity contribution in [3.63, 3.8) is 0 Å². The third kappa shape index (κ3) is 4.60. The van der Waals surface area contributed by atoms with E-state index in [1.165, 1.54) is 11.1 Å². The Labute approximate surface area is 149 Å². The fourth-order valence-electron chi connectivity index (χ4n) is 3.93. The van der Waals surface area contributed by atoms with E-state index >= 15 is 0 Å². The third-order valence-corrected chi connectivity index (χ3v) is 5.28. The Kier molecular flexibility index (Phi) is 6.08. The van der Waals surface area contributed by atoms with Crippen LogP contribution >= 0.6 is 0 Å². The summed E-state index contributed by atoms with van der Waals surface area (Å²) in [6.07, 6.45) is 4.78. The summed E-state index contributed by atoms with van der Waals surface area (Å²) in [5, 5.41) is 3.20. The standard InChI is InChI=1S/C20H28N2O3/c1-2-25-20(24)16-10-12-22(13-11-16)14-19(23)21-18-9-5-7-15-6-3-4-8-17(15)18/h3-4,6,8,16,18H,2,5,7,9-14H2,1H3,(H,21,23)/t18-/m0/s1. The lowest BCUT2D eigenvalue weighted by Crippen LogP contribution is -2.44. The lowest BCUT2D eigenvalue weighted by molar-refractivity contribution is -0.149. The minimum absolute atomic E-state index is 0.00974. The van der Waals surface area contributed by atoms with Gasteiger partial charge in [0.05, 0.1) is 25.1 Å². The van der Waals surface area contributed by atoms with Gasteiger partial charge in [-0.2, -0.15) is 0 Å². The molecule has 1 aromatic rings. The van der Waals surface area contributed by atoms with Crippen molar-refractivity contribution >= 4 is 11.9 Å². The molecule has 5 heteroatoms. The first-order valence-corrected chi connectivity index (χ1v) is 9.43. The van der Waals surface area contributed by atoms with Gasteiger partial charge in [0.1, 0.15) is 0 Å². The highest BCUT2D eigenvalue weighted by Crippen LogP contribution is 2.29. The monoisotopic (exact) mass is 344 g/mol. The summed E-state index contributed by atoms with van der Waals surface area (Å²) in [7, 11) is 0. The molecule has 0 unspecified atom stereocenters. The average Bonchev–Trinajstić information content (AvgIpc) is 2.63. The molecule has 136 valence electrons.